The van der Waals surface area contributed by atoms with E-state index in [-0.39, 0.29) is 0 Å². The van der Waals surface area contributed by atoms with Crippen LogP contribution in [0.15, 0.2) is 28.2 Å². The number of hydrogen-bond acceptors (Lipinski definition) is 2. The highest BCUT2D eigenvalue weighted by atomic mass is 79.9. The summed E-state index contributed by atoms with van der Waals surface area (Å²) in [7, 11) is 0. The van der Waals surface area contributed by atoms with Crippen LogP contribution >= 0.6 is 15.9 Å². The molecule has 1 N–H and O–H groups in total. The maximum atomic E-state index is 5.80. The molecule has 0 saturated carbocycles. The molecule has 1 aromatic rings. The van der Waals surface area contributed by atoms with Gasteiger partial charge in [0.1, 0.15) is 5.75 Å². The van der Waals surface area contributed by atoms with Gasteiger partial charge in [0, 0.05) is 16.1 Å². The fraction of sp³-hybridized carbons (Fsp3) is 0.500. The molecule has 1 rings (SSSR count). The number of nitrogens with one attached hydrogen (secondary N) is 1. The molecule has 1 aromatic carbocycles. The topological polar surface area (TPSA) is 21.3 Å². The molecule has 106 valence electrons. The third kappa shape index (κ3) is 5.37. The molecule has 1 unspecified atom stereocenters. The number of benzene rings is 1. The molecule has 19 heavy (non-hydrogen) atoms. The van der Waals surface area contributed by atoms with Gasteiger partial charge in [0.25, 0.3) is 0 Å². The lowest BCUT2D eigenvalue weighted by Crippen LogP contribution is -2.26. The smallest absolute Gasteiger partial charge is 0.126 e. The Hall–Kier alpha value is -0.800. The zero-order valence-electron chi connectivity index (χ0n) is 12.3. The fourth-order valence-electron chi connectivity index (χ4n) is 1.81. The van der Waals surface area contributed by atoms with Gasteiger partial charge < -0.3 is 10.1 Å². The lowest BCUT2D eigenvalue weighted by Gasteiger charge is -2.14. The maximum absolute atomic E-state index is 5.80. The predicted molar refractivity (Wildman–Crippen MR) is 86.7 cm³/mol. The average molecular weight is 326 g/mol. The summed E-state index contributed by atoms with van der Waals surface area (Å²) in [6.07, 6.45) is 3.22. The molecule has 0 aliphatic heterocycles. The van der Waals surface area contributed by atoms with Crippen molar-refractivity contribution in [1.82, 2.24) is 5.32 Å². The number of likely N-dealkylation sites (N-methyl/N-ethyl adjacent to an activating group) is 1. The molecule has 3 heteroatoms. The molecule has 0 aromatic heterocycles. The van der Waals surface area contributed by atoms with Crippen molar-refractivity contribution < 1.29 is 4.74 Å². The first kappa shape index (κ1) is 16.3. The molecule has 0 radical (unpaired) electrons. The second kappa shape index (κ2) is 8.39. The SMILES string of the molecule is CCCOc1ccc(Br)cc1/C=C(/C)C(C)NCC. The van der Waals surface area contributed by atoms with Gasteiger partial charge in [0.15, 0.2) is 0 Å². The molecular formula is C16H24BrNO. The van der Waals surface area contributed by atoms with Gasteiger partial charge >= 0.3 is 0 Å². The van der Waals surface area contributed by atoms with E-state index < -0.39 is 0 Å². The second-order valence-corrected chi connectivity index (χ2v) is 5.61. The largest absolute Gasteiger partial charge is 0.493 e. The van der Waals surface area contributed by atoms with E-state index in [0.29, 0.717) is 6.04 Å². The Kier molecular flexibility index (Phi) is 7.17. The Bertz CT molecular complexity index is 429. The summed E-state index contributed by atoms with van der Waals surface area (Å²) < 4.78 is 6.87. The zero-order chi connectivity index (χ0) is 14.3. The molecule has 0 bridgehead atoms. The van der Waals surface area contributed by atoms with E-state index in [1.165, 1.54) is 5.57 Å². The molecule has 0 spiro atoms. The van der Waals surface area contributed by atoms with Crippen LogP contribution < -0.4 is 10.1 Å². The summed E-state index contributed by atoms with van der Waals surface area (Å²) in [6, 6.07) is 6.53. The van der Waals surface area contributed by atoms with E-state index in [0.717, 1.165) is 35.4 Å². The number of halogens is 1. The minimum Gasteiger partial charge on any atom is -0.493 e. The standard InChI is InChI=1S/C16H24BrNO/c1-5-9-19-16-8-7-15(17)11-14(16)10-12(3)13(4)18-6-2/h7-8,10-11,13,18H,5-6,9H2,1-4H3/b12-10-. The first-order valence-electron chi connectivity index (χ1n) is 6.92. The van der Waals surface area contributed by atoms with Gasteiger partial charge in [-0.1, -0.05) is 41.4 Å². The van der Waals surface area contributed by atoms with Crippen LogP contribution in [-0.4, -0.2) is 19.2 Å². The van der Waals surface area contributed by atoms with Crippen molar-refractivity contribution in [2.24, 2.45) is 0 Å². The van der Waals surface area contributed by atoms with Crippen LogP contribution in [0.5, 0.6) is 5.75 Å². The van der Waals surface area contributed by atoms with Crippen LogP contribution in [0.25, 0.3) is 6.08 Å². The maximum Gasteiger partial charge on any atom is 0.126 e. The molecule has 0 aliphatic rings. The van der Waals surface area contributed by atoms with Crippen molar-refractivity contribution in [3.8, 4) is 5.75 Å². The van der Waals surface area contributed by atoms with Crippen molar-refractivity contribution in [2.45, 2.75) is 40.2 Å². The zero-order valence-corrected chi connectivity index (χ0v) is 13.9. The molecule has 0 saturated heterocycles. The fourth-order valence-corrected chi connectivity index (χ4v) is 2.19. The van der Waals surface area contributed by atoms with Gasteiger partial charge in [0.2, 0.25) is 0 Å². The number of hydrogen-bond donors (Lipinski definition) is 1. The lowest BCUT2D eigenvalue weighted by atomic mass is 10.1. The minimum atomic E-state index is 0.378. The molecule has 1 atom stereocenters. The highest BCUT2D eigenvalue weighted by molar-refractivity contribution is 9.10. The van der Waals surface area contributed by atoms with Crippen LogP contribution in [-0.2, 0) is 0 Å². The van der Waals surface area contributed by atoms with Crippen molar-refractivity contribution in [2.75, 3.05) is 13.2 Å². The minimum absolute atomic E-state index is 0.378. The van der Waals surface area contributed by atoms with Gasteiger partial charge in [0.05, 0.1) is 6.61 Å². The summed E-state index contributed by atoms with van der Waals surface area (Å²) >= 11 is 3.52. The van der Waals surface area contributed by atoms with E-state index in [4.69, 9.17) is 4.74 Å². The van der Waals surface area contributed by atoms with Crippen LogP contribution in [0.3, 0.4) is 0 Å². The highest BCUT2D eigenvalue weighted by Crippen LogP contribution is 2.26. The Morgan fingerprint density at radius 1 is 1.42 bits per heavy atom. The molecule has 0 fully saturated rings. The van der Waals surface area contributed by atoms with E-state index >= 15 is 0 Å². The summed E-state index contributed by atoms with van der Waals surface area (Å²) in [6.45, 7) is 10.3. The van der Waals surface area contributed by atoms with Crippen LogP contribution in [0.1, 0.15) is 39.7 Å². The highest BCUT2D eigenvalue weighted by Gasteiger charge is 2.06. The number of rotatable bonds is 7. The Balaban J connectivity index is 2.96. The summed E-state index contributed by atoms with van der Waals surface area (Å²) in [5.74, 6) is 0.952. The van der Waals surface area contributed by atoms with Crippen LogP contribution in [0, 0.1) is 0 Å². The Morgan fingerprint density at radius 3 is 2.79 bits per heavy atom. The van der Waals surface area contributed by atoms with Crippen molar-refractivity contribution in [3.63, 3.8) is 0 Å². The van der Waals surface area contributed by atoms with E-state index in [9.17, 15) is 0 Å². The van der Waals surface area contributed by atoms with Gasteiger partial charge in [-0.15, -0.1) is 0 Å². The summed E-state index contributed by atoms with van der Waals surface area (Å²) in [4.78, 5) is 0. The summed E-state index contributed by atoms with van der Waals surface area (Å²) in [5, 5.41) is 3.42. The van der Waals surface area contributed by atoms with Gasteiger partial charge in [-0.3, -0.25) is 0 Å². The van der Waals surface area contributed by atoms with E-state index in [1.807, 2.05) is 12.1 Å². The average Bonchev–Trinajstić information content (AvgIpc) is 2.38. The molecule has 0 amide bonds. The predicted octanol–water partition coefficient (Wildman–Crippen LogP) is 4.64. The Labute approximate surface area is 125 Å². The quantitative estimate of drug-likeness (QED) is 0.788. The third-order valence-corrected chi connectivity index (χ3v) is 3.50. The molecular weight excluding hydrogens is 302 g/mol. The summed E-state index contributed by atoms with van der Waals surface area (Å²) in [5.41, 5.74) is 2.44. The second-order valence-electron chi connectivity index (χ2n) is 4.70. The first-order chi connectivity index (χ1) is 9.08. The van der Waals surface area contributed by atoms with Gasteiger partial charge in [-0.25, -0.2) is 0 Å². The van der Waals surface area contributed by atoms with Crippen molar-refractivity contribution in [3.05, 3.63) is 33.8 Å². The van der Waals surface area contributed by atoms with E-state index in [2.05, 4.69) is 61.1 Å². The monoisotopic (exact) mass is 325 g/mol. The van der Waals surface area contributed by atoms with Gasteiger partial charge in [-0.05, 0) is 45.0 Å². The van der Waals surface area contributed by atoms with Crippen molar-refractivity contribution in [1.29, 1.82) is 0 Å². The normalized spacial score (nSPS) is 13.4. The van der Waals surface area contributed by atoms with Crippen molar-refractivity contribution >= 4 is 22.0 Å². The first-order valence-corrected chi connectivity index (χ1v) is 7.71. The van der Waals surface area contributed by atoms with Crippen LogP contribution in [0.4, 0.5) is 0 Å². The Morgan fingerprint density at radius 2 is 2.16 bits per heavy atom. The molecule has 0 heterocycles. The lowest BCUT2D eigenvalue weighted by molar-refractivity contribution is 0.316. The molecule has 0 aliphatic carbocycles. The third-order valence-electron chi connectivity index (χ3n) is 3.01. The van der Waals surface area contributed by atoms with Gasteiger partial charge in [-0.2, -0.15) is 0 Å². The molecule has 2 nitrogen and oxygen atoms in total. The number of ether oxygens (including phenoxy) is 1. The van der Waals surface area contributed by atoms with Crippen LogP contribution in [0.2, 0.25) is 0 Å². The van der Waals surface area contributed by atoms with E-state index in [1.54, 1.807) is 0 Å².